The number of fused-ring (bicyclic) bond motifs is 1. The number of aliphatic hydroxyl groups is 6. The Morgan fingerprint density at radius 1 is 0.775 bits per heavy atom. The van der Waals surface area contributed by atoms with Crippen molar-refractivity contribution in [3.05, 3.63) is 58.8 Å². The van der Waals surface area contributed by atoms with Crippen LogP contribution in [0.3, 0.4) is 0 Å². The van der Waals surface area contributed by atoms with Gasteiger partial charge in [-0.25, -0.2) is 0 Å². The highest BCUT2D eigenvalue weighted by Crippen LogP contribution is 2.36. The van der Waals surface area contributed by atoms with Crippen molar-refractivity contribution in [1.29, 1.82) is 0 Å². The summed E-state index contributed by atoms with van der Waals surface area (Å²) >= 11 is 0. The van der Waals surface area contributed by atoms with Crippen LogP contribution in [0.4, 0.5) is 0 Å². The van der Waals surface area contributed by atoms with Crippen LogP contribution in [-0.2, 0) is 9.47 Å². The second kappa shape index (κ2) is 11.4. The Hall–Kier alpha value is -3.07. The van der Waals surface area contributed by atoms with Gasteiger partial charge in [0.25, 0.3) is 0 Å². The molecule has 0 radical (unpaired) electrons. The van der Waals surface area contributed by atoms with E-state index in [0.717, 1.165) is 0 Å². The highest BCUT2D eigenvalue weighted by molar-refractivity contribution is 5.86. The van der Waals surface area contributed by atoms with Gasteiger partial charge in [-0.2, -0.15) is 0 Å². The fraction of sp³-hybridized carbons (Fsp3) is 0.464. The van der Waals surface area contributed by atoms with Crippen molar-refractivity contribution in [3.8, 4) is 22.8 Å². The molecule has 1 aromatic heterocycles. The quantitative estimate of drug-likeness (QED) is 0.239. The van der Waals surface area contributed by atoms with Gasteiger partial charge < -0.3 is 54.0 Å². The van der Waals surface area contributed by atoms with Crippen molar-refractivity contribution in [1.82, 2.24) is 0 Å². The van der Waals surface area contributed by atoms with Gasteiger partial charge in [-0.1, -0.05) is 30.3 Å². The Morgan fingerprint density at radius 3 is 2.10 bits per heavy atom. The minimum absolute atomic E-state index is 0.00362. The standard InChI is InChI=1S/C28H32O12/c1-12-22(31)16(11-29)24(33)27(36-12)40-20-9-15(38-28-26(35)25(34)23(32)13(2)37-28)8-19-21(20)17(30)10-18(39-19)14-6-4-3-5-7-14/h3-10,12-13,16,22-29,31-35H,11H2,1-2H3/t12?,13?,16?,22-,23-,24?,25-,26?,27-,28-/m0/s1. The molecule has 2 fully saturated rings. The van der Waals surface area contributed by atoms with Crippen molar-refractivity contribution >= 4 is 11.0 Å². The Balaban J connectivity index is 1.57. The summed E-state index contributed by atoms with van der Waals surface area (Å²) in [6.07, 6.45) is -11.5. The van der Waals surface area contributed by atoms with E-state index in [4.69, 9.17) is 23.4 Å². The lowest BCUT2D eigenvalue weighted by Crippen LogP contribution is -2.58. The van der Waals surface area contributed by atoms with E-state index in [-0.39, 0.29) is 28.2 Å². The SMILES string of the molecule is CC1O[C@@H](Oc2cc(O[C@@H]3OC(C)[C@H](O)[C@H](O)C3O)cc3oc(-c4ccccc4)cc(=O)c23)C(O)C(CO)[C@H]1O. The van der Waals surface area contributed by atoms with Gasteiger partial charge in [0.05, 0.1) is 24.9 Å². The molecule has 40 heavy (non-hydrogen) atoms. The van der Waals surface area contributed by atoms with Gasteiger partial charge in [0, 0.05) is 29.7 Å². The molecule has 0 bridgehead atoms. The Labute approximate surface area is 228 Å². The van der Waals surface area contributed by atoms with Crippen LogP contribution in [0.5, 0.6) is 11.5 Å². The number of aliphatic hydroxyl groups excluding tert-OH is 6. The van der Waals surface area contributed by atoms with Crippen molar-refractivity contribution in [3.63, 3.8) is 0 Å². The maximum absolute atomic E-state index is 13.3. The third-order valence-electron chi connectivity index (χ3n) is 7.33. The first-order valence-corrected chi connectivity index (χ1v) is 12.9. The summed E-state index contributed by atoms with van der Waals surface area (Å²) in [7, 11) is 0. The van der Waals surface area contributed by atoms with Crippen molar-refractivity contribution in [2.24, 2.45) is 5.92 Å². The fourth-order valence-corrected chi connectivity index (χ4v) is 4.94. The molecule has 6 N–H and O–H groups in total. The van der Waals surface area contributed by atoms with E-state index in [0.29, 0.717) is 5.56 Å². The fourth-order valence-electron chi connectivity index (χ4n) is 4.94. The number of hydrogen-bond acceptors (Lipinski definition) is 12. The first kappa shape index (κ1) is 28.5. The first-order valence-electron chi connectivity index (χ1n) is 12.9. The van der Waals surface area contributed by atoms with Crippen molar-refractivity contribution < 1.29 is 54.0 Å². The molecule has 216 valence electrons. The smallest absolute Gasteiger partial charge is 0.229 e. The molecule has 0 amide bonds. The summed E-state index contributed by atoms with van der Waals surface area (Å²) in [5, 5.41) is 61.4. The van der Waals surface area contributed by atoms with Crippen LogP contribution in [0, 0.1) is 5.92 Å². The molecule has 0 spiro atoms. The molecule has 3 aromatic rings. The highest BCUT2D eigenvalue weighted by atomic mass is 16.7. The Morgan fingerprint density at radius 2 is 1.43 bits per heavy atom. The van der Waals surface area contributed by atoms with E-state index in [1.165, 1.54) is 25.1 Å². The van der Waals surface area contributed by atoms with Crippen LogP contribution in [0.1, 0.15) is 13.8 Å². The Bertz CT molecular complexity index is 1380. The molecule has 0 aliphatic carbocycles. The lowest BCUT2D eigenvalue weighted by Gasteiger charge is -2.40. The second-order valence-corrected chi connectivity index (χ2v) is 10.1. The molecule has 2 saturated heterocycles. The minimum atomic E-state index is -1.61. The van der Waals surface area contributed by atoms with Gasteiger partial charge in [-0.3, -0.25) is 4.79 Å². The molecule has 2 aromatic carbocycles. The summed E-state index contributed by atoms with van der Waals surface area (Å²) in [4.78, 5) is 13.3. The largest absolute Gasteiger partial charge is 0.462 e. The van der Waals surface area contributed by atoms with Crippen LogP contribution in [0.2, 0.25) is 0 Å². The second-order valence-electron chi connectivity index (χ2n) is 10.1. The van der Waals surface area contributed by atoms with Crippen LogP contribution < -0.4 is 14.9 Å². The van der Waals surface area contributed by atoms with Gasteiger partial charge in [-0.15, -0.1) is 0 Å². The van der Waals surface area contributed by atoms with Gasteiger partial charge in [-0.05, 0) is 13.8 Å². The van der Waals surface area contributed by atoms with E-state index in [1.54, 1.807) is 31.2 Å². The molecule has 2 aliphatic heterocycles. The first-order chi connectivity index (χ1) is 19.1. The zero-order valence-electron chi connectivity index (χ0n) is 21.7. The third kappa shape index (κ3) is 5.32. The Kier molecular flexibility index (Phi) is 8.13. The average Bonchev–Trinajstić information content (AvgIpc) is 2.94. The molecular formula is C28H32O12. The molecule has 5 unspecified atom stereocenters. The molecule has 12 heteroatoms. The van der Waals surface area contributed by atoms with Crippen molar-refractivity contribution in [2.75, 3.05) is 6.61 Å². The normalized spacial score (nSPS) is 34.5. The number of benzene rings is 2. The molecule has 10 atom stereocenters. The number of rotatable bonds is 6. The monoisotopic (exact) mass is 560 g/mol. The van der Waals surface area contributed by atoms with E-state index in [1.807, 2.05) is 6.07 Å². The van der Waals surface area contributed by atoms with Gasteiger partial charge >= 0.3 is 0 Å². The van der Waals surface area contributed by atoms with Crippen LogP contribution >= 0.6 is 0 Å². The van der Waals surface area contributed by atoms with Gasteiger partial charge in [0.1, 0.15) is 52.6 Å². The van der Waals surface area contributed by atoms with Gasteiger partial charge in [0.2, 0.25) is 12.6 Å². The topological polar surface area (TPSA) is 189 Å². The van der Waals surface area contributed by atoms with Crippen LogP contribution in [-0.4, -0.2) is 92.6 Å². The lowest BCUT2D eigenvalue weighted by molar-refractivity contribution is -0.268. The van der Waals surface area contributed by atoms with Gasteiger partial charge in [0.15, 0.2) is 5.43 Å². The number of ether oxygens (including phenoxy) is 4. The molecule has 12 nitrogen and oxygen atoms in total. The van der Waals surface area contributed by atoms with Crippen molar-refractivity contribution in [2.45, 2.75) is 69.2 Å². The van der Waals surface area contributed by atoms with E-state index < -0.39 is 73.3 Å². The maximum Gasteiger partial charge on any atom is 0.229 e. The summed E-state index contributed by atoms with van der Waals surface area (Å²) in [6.45, 7) is 2.52. The van der Waals surface area contributed by atoms with Crippen LogP contribution in [0.15, 0.2) is 57.7 Å². The summed E-state index contributed by atoms with van der Waals surface area (Å²) < 4.78 is 29.0. The summed E-state index contributed by atoms with van der Waals surface area (Å²) in [6, 6.07) is 12.9. The molecular weight excluding hydrogens is 528 g/mol. The highest BCUT2D eigenvalue weighted by Gasteiger charge is 2.45. The summed E-state index contributed by atoms with van der Waals surface area (Å²) in [5.41, 5.74) is 0.196. The molecule has 3 heterocycles. The number of hydrogen-bond donors (Lipinski definition) is 6. The molecule has 2 aliphatic rings. The maximum atomic E-state index is 13.3. The zero-order chi connectivity index (χ0) is 28.7. The lowest BCUT2D eigenvalue weighted by atomic mass is 9.90. The molecule has 0 saturated carbocycles. The van der Waals surface area contributed by atoms with E-state index in [9.17, 15) is 35.4 Å². The third-order valence-corrected chi connectivity index (χ3v) is 7.33. The minimum Gasteiger partial charge on any atom is -0.462 e. The van der Waals surface area contributed by atoms with E-state index >= 15 is 0 Å². The average molecular weight is 561 g/mol. The predicted octanol–water partition coefficient (Wildman–Crippen LogP) is 0.120. The predicted molar refractivity (Wildman–Crippen MR) is 138 cm³/mol. The van der Waals surface area contributed by atoms with Crippen LogP contribution in [0.25, 0.3) is 22.3 Å². The van der Waals surface area contributed by atoms with E-state index in [2.05, 4.69) is 0 Å². The summed E-state index contributed by atoms with van der Waals surface area (Å²) in [5.74, 6) is -0.814. The molecule has 5 rings (SSSR count). The zero-order valence-corrected chi connectivity index (χ0v) is 21.7.